The summed E-state index contributed by atoms with van der Waals surface area (Å²) in [6, 6.07) is 3.60. The Kier molecular flexibility index (Phi) is 4.77. The molecular formula is C11H16N2O2. The molecule has 0 radical (unpaired) electrons. The first-order valence-corrected chi connectivity index (χ1v) is 4.94. The van der Waals surface area contributed by atoms with Crippen molar-refractivity contribution in [3.05, 3.63) is 29.6 Å². The number of hydrogen-bond donors (Lipinski definition) is 1. The molecule has 1 rings (SSSR count). The summed E-state index contributed by atoms with van der Waals surface area (Å²) in [5.74, 6) is -0.0846. The highest BCUT2D eigenvalue weighted by molar-refractivity contribution is 5.93. The number of rotatable bonds is 5. The first-order valence-electron chi connectivity index (χ1n) is 4.94. The maximum absolute atomic E-state index is 11.5. The Morgan fingerprint density at radius 1 is 1.53 bits per heavy atom. The summed E-state index contributed by atoms with van der Waals surface area (Å²) in [4.78, 5) is 15.6. The van der Waals surface area contributed by atoms with Gasteiger partial charge in [-0.1, -0.05) is 0 Å². The van der Waals surface area contributed by atoms with Crippen LogP contribution < -0.4 is 5.32 Å². The monoisotopic (exact) mass is 208 g/mol. The summed E-state index contributed by atoms with van der Waals surface area (Å²) in [6.07, 6.45) is 2.41. The van der Waals surface area contributed by atoms with E-state index < -0.39 is 0 Å². The molecule has 1 amide bonds. The number of carbonyl (C=O) groups excluding carboxylic acids is 1. The quantitative estimate of drug-likeness (QED) is 0.739. The Hall–Kier alpha value is -1.42. The van der Waals surface area contributed by atoms with Crippen LogP contribution in [0, 0.1) is 6.92 Å². The highest BCUT2D eigenvalue weighted by Crippen LogP contribution is 1.98. The number of aromatic nitrogens is 1. The number of hydrogen-bond acceptors (Lipinski definition) is 3. The topological polar surface area (TPSA) is 51.2 Å². The summed E-state index contributed by atoms with van der Waals surface area (Å²) < 4.78 is 4.88. The molecule has 1 heterocycles. The number of aryl methyl sites for hydroxylation is 1. The number of amides is 1. The summed E-state index contributed by atoms with van der Waals surface area (Å²) >= 11 is 0. The number of carbonyl (C=O) groups is 1. The molecule has 0 aliphatic carbocycles. The van der Waals surface area contributed by atoms with Crippen LogP contribution in [0.4, 0.5) is 0 Å². The molecule has 1 aromatic rings. The molecule has 0 atom stereocenters. The largest absolute Gasteiger partial charge is 0.385 e. The molecule has 1 N–H and O–H groups in total. The molecule has 0 aliphatic heterocycles. The van der Waals surface area contributed by atoms with E-state index in [9.17, 15) is 4.79 Å². The number of ether oxygens (including phenoxy) is 1. The van der Waals surface area contributed by atoms with Gasteiger partial charge in [-0.05, 0) is 25.5 Å². The standard InChI is InChI=1S/C11H16N2O2/c1-9-4-5-10(8-13-9)11(14)12-6-3-7-15-2/h4-5,8H,3,6-7H2,1-2H3,(H,12,14). The Labute approximate surface area is 89.7 Å². The van der Waals surface area contributed by atoms with E-state index in [-0.39, 0.29) is 5.91 Å². The number of nitrogens with one attached hydrogen (secondary N) is 1. The Morgan fingerprint density at radius 2 is 2.33 bits per heavy atom. The molecular weight excluding hydrogens is 192 g/mol. The van der Waals surface area contributed by atoms with Crippen molar-refractivity contribution in [1.29, 1.82) is 0 Å². The lowest BCUT2D eigenvalue weighted by Crippen LogP contribution is -2.25. The molecule has 0 fully saturated rings. The predicted molar refractivity (Wildman–Crippen MR) is 57.8 cm³/mol. The molecule has 15 heavy (non-hydrogen) atoms. The van der Waals surface area contributed by atoms with Gasteiger partial charge < -0.3 is 10.1 Å². The predicted octanol–water partition coefficient (Wildman–Crippen LogP) is 1.16. The zero-order valence-electron chi connectivity index (χ0n) is 9.12. The van der Waals surface area contributed by atoms with Crippen molar-refractivity contribution < 1.29 is 9.53 Å². The molecule has 4 heteroatoms. The van der Waals surface area contributed by atoms with E-state index in [1.165, 1.54) is 0 Å². The normalized spacial score (nSPS) is 10.0. The Balaban J connectivity index is 2.37. The molecule has 0 unspecified atom stereocenters. The molecule has 0 saturated heterocycles. The van der Waals surface area contributed by atoms with Crippen LogP contribution in [0.1, 0.15) is 22.5 Å². The summed E-state index contributed by atoms with van der Waals surface area (Å²) in [6.45, 7) is 3.17. The van der Waals surface area contributed by atoms with Crippen molar-refractivity contribution in [2.24, 2.45) is 0 Å². The van der Waals surface area contributed by atoms with Crippen LogP contribution in [0.3, 0.4) is 0 Å². The minimum Gasteiger partial charge on any atom is -0.385 e. The minimum atomic E-state index is -0.0846. The lowest BCUT2D eigenvalue weighted by molar-refractivity contribution is 0.0948. The van der Waals surface area contributed by atoms with Gasteiger partial charge in [0.2, 0.25) is 0 Å². The van der Waals surface area contributed by atoms with Crippen LogP contribution in [-0.4, -0.2) is 31.2 Å². The Bertz CT molecular complexity index is 309. The fourth-order valence-electron chi connectivity index (χ4n) is 1.12. The summed E-state index contributed by atoms with van der Waals surface area (Å²) in [7, 11) is 1.64. The molecule has 82 valence electrons. The highest BCUT2D eigenvalue weighted by Gasteiger charge is 2.03. The fourth-order valence-corrected chi connectivity index (χ4v) is 1.12. The van der Waals surface area contributed by atoms with Gasteiger partial charge in [-0.25, -0.2) is 0 Å². The molecule has 0 saturated carbocycles. The van der Waals surface area contributed by atoms with Crippen molar-refractivity contribution in [2.75, 3.05) is 20.3 Å². The van der Waals surface area contributed by atoms with Gasteiger partial charge in [0.05, 0.1) is 5.56 Å². The van der Waals surface area contributed by atoms with Gasteiger partial charge in [0.1, 0.15) is 0 Å². The first kappa shape index (κ1) is 11.7. The second kappa shape index (κ2) is 6.14. The van der Waals surface area contributed by atoms with E-state index in [1.807, 2.05) is 13.0 Å². The zero-order valence-corrected chi connectivity index (χ0v) is 9.12. The molecule has 0 bridgehead atoms. The Morgan fingerprint density at radius 3 is 2.93 bits per heavy atom. The van der Waals surface area contributed by atoms with Crippen LogP contribution in [0.2, 0.25) is 0 Å². The molecule has 0 aliphatic rings. The van der Waals surface area contributed by atoms with Crippen LogP contribution in [0.25, 0.3) is 0 Å². The first-order chi connectivity index (χ1) is 7.24. The lowest BCUT2D eigenvalue weighted by atomic mass is 10.2. The van der Waals surface area contributed by atoms with Crippen LogP contribution >= 0.6 is 0 Å². The average Bonchev–Trinajstić information content (AvgIpc) is 2.25. The SMILES string of the molecule is COCCCNC(=O)c1ccc(C)nc1. The van der Waals surface area contributed by atoms with Gasteiger partial charge >= 0.3 is 0 Å². The van der Waals surface area contributed by atoms with Gasteiger partial charge in [0.25, 0.3) is 5.91 Å². The van der Waals surface area contributed by atoms with Crippen molar-refractivity contribution >= 4 is 5.91 Å². The van der Waals surface area contributed by atoms with Gasteiger partial charge in [-0.2, -0.15) is 0 Å². The van der Waals surface area contributed by atoms with Crippen molar-refractivity contribution in [2.45, 2.75) is 13.3 Å². The number of methoxy groups -OCH3 is 1. The smallest absolute Gasteiger partial charge is 0.252 e. The van der Waals surface area contributed by atoms with Gasteiger partial charge in [0, 0.05) is 32.2 Å². The van der Waals surface area contributed by atoms with Gasteiger partial charge in [-0.3, -0.25) is 9.78 Å². The number of pyridine rings is 1. The lowest BCUT2D eigenvalue weighted by Gasteiger charge is -2.04. The maximum Gasteiger partial charge on any atom is 0.252 e. The minimum absolute atomic E-state index is 0.0846. The van der Waals surface area contributed by atoms with E-state index in [0.29, 0.717) is 18.7 Å². The van der Waals surface area contributed by atoms with Crippen molar-refractivity contribution in [3.63, 3.8) is 0 Å². The third-order valence-corrected chi connectivity index (χ3v) is 1.98. The van der Waals surface area contributed by atoms with Gasteiger partial charge in [0.15, 0.2) is 0 Å². The van der Waals surface area contributed by atoms with Gasteiger partial charge in [-0.15, -0.1) is 0 Å². The maximum atomic E-state index is 11.5. The zero-order chi connectivity index (χ0) is 11.1. The van der Waals surface area contributed by atoms with E-state index in [1.54, 1.807) is 19.4 Å². The number of nitrogens with zero attached hydrogens (tertiary/aromatic N) is 1. The molecule has 0 spiro atoms. The second-order valence-electron chi connectivity index (χ2n) is 3.29. The molecule has 4 nitrogen and oxygen atoms in total. The van der Waals surface area contributed by atoms with E-state index in [2.05, 4.69) is 10.3 Å². The molecule has 0 aromatic carbocycles. The van der Waals surface area contributed by atoms with Crippen molar-refractivity contribution in [1.82, 2.24) is 10.3 Å². The van der Waals surface area contributed by atoms with Crippen LogP contribution in [0.5, 0.6) is 0 Å². The molecule has 1 aromatic heterocycles. The van der Waals surface area contributed by atoms with Crippen LogP contribution in [-0.2, 0) is 4.74 Å². The van der Waals surface area contributed by atoms with E-state index in [4.69, 9.17) is 4.74 Å². The van der Waals surface area contributed by atoms with E-state index in [0.717, 1.165) is 12.1 Å². The fraction of sp³-hybridized carbons (Fsp3) is 0.455. The van der Waals surface area contributed by atoms with E-state index >= 15 is 0 Å². The third-order valence-electron chi connectivity index (χ3n) is 1.98. The average molecular weight is 208 g/mol. The summed E-state index contributed by atoms with van der Waals surface area (Å²) in [5, 5.41) is 2.79. The third kappa shape index (κ3) is 4.08. The van der Waals surface area contributed by atoms with Crippen molar-refractivity contribution in [3.8, 4) is 0 Å². The highest BCUT2D eigenvalue weighted by atomic mass is 16.5. The second-order valence-corrected chi connectivity index (χ2v) is 3.29. The van der Waals surface area contributed by atoms with Crippen LogP contribution in [0.15, 0.2) is 18.3 Å². The summed E-state index contributed by atoms with van der Waals surface area (Å²) in [5.41, 5.74) is 1.50.